The number of hydrogen-bond donors (Lipinski definition) is 1. The molecule has 0 radical (unpaired) electrons. The van der Waals surface area contributed by atoms with Crippen LogP contribution in [0.5, 0.6) is 5.75 Å². The Morgan fingerprint density at radius 2 is 2.15 bits per heavy atom. The topological polar surface area (TPSA) is 55.8 Å². The van der Waals surface area contributed by atoms with Gasteiger partial charge in [-0.2, -0.15) is 0 Å². The molecule has 4 nitrogen and oxygen atoms in total. The van der Waals surface area contributed by atoms with E-state index in [0.29, 0.717) is 13.2 Å². The minimum Gasteiger partial charge on any atom is -0.489 e. The maximum Gasteiger partial charge on any atom is 0.328 e. The van der Waals surface area contributed by atoms with Crippen LogP contribution in [0.1, 0.15) is 24.0 Å². The van der Waals surface area contributed by atoms with E-state index >= 15 is 0 Å². The van der Waals surface area contributed by atoms with Crippen LogP contribution >= 0.6 is 15.9 Å². The number of carbonyl (C=O) groups is 1. The van der Waals surface area contributed by atoms with Gasteiger partial charge in [0.25, 0.3) is 0 Å². The van der Waals surface area contributed by atoms with E-state index < -0.39 is 5.97 Å². The van der Waals surface area contributed by atoms with Crippen molar-refractivity contribution in [2.45, 2.75) is 25.9 Å². The average Bonchev–Trinajstić information content (AvgIpc) is 2.41. The highest BCUT2D eigenvalue weighted by Crippen LogP contribution is 2.31. The van der Waals surface area contributed by atoms with Gasteiger partial charge in [0.2, 0.25) is 0 Å². The van der Waals surface area contributed by atoms with Crippen molar-refractivity contribution in [2.24, 2.45) is 0 Å². The van der Waals surface area contributed by atoms with Crippen molar-refractivity contribution in [1.82, 2.24) is 0 Å². The Kier molecular flexibility index (Phi) is 5.20. The minimum absolute atomic E-state index is 0.126. The molecule has 0 unspecified atom stereocenters. The Morgan fingerprint density at radius 3 is 2.80 bits per heavy atom. The smallest absolute Gasteiger partial charge is 0.328 e. The zero-order valence-corrected chi connectivity index (χ0v) is 12.9. The van der Waals surface area contributed by atoms with E-state index in [-0.39, 0.29) is 6.10 Å². The number of carboxylic acid groups (broad SMARTS) is 1. The Bertz CT molecular complexity index is 519. The molecule has 1 heterocycles. The number of aryl methyl sites for hydroxylation is 1. The van der Waals surface area contributed by atoms with Crippen LogP contribution in [0, 0.1) is 6.92 Å². The van der Waals surface area contributed by atoms with Crippen LogP contribution in [-0.4, -0.2) is 30.4 Å². The number of aliphatic carboxylic acids is 1. The van der Waals surface area contributed by atoms with Crippen molar-refractivity contribution in [3.05, 3.63) is 33.8 Å². The van der Waals surface area contributed by atoms with E-state index in [1.54, 1.807) is 6.08 Å². The highest BCUT2D eigenvalue weighted by Gasteiger charge is 2.18. The normalized spacial score (nSPS) is 16.5. The number of hydrogen-bond acceptors (Lipinski definition) is 3. The molecule has 1 N–H and O–H groups in total. The van der Waals surface area contributed by atoms with Crippen LogP contribution in [0.4, 0.5) is 0 Å². The number of rotatable bonds is 4. The predicted molar refractivity (Wildman–Crippen MR) is 80.0 cm³/mol. The van der Waals surface area contributed by atoms with E-state index in [1.165, 1.54) is 0 Å². The van der Waals surface area contributed by atoms with Gasteiger partial charge in [-0.1, -0.05) is 15.9 Å². The molecular formula is C15H17BrO4. The minimum atomic E-state index is -0.973. The van der Waals surface area contributed by atoms with Crippen molar-refractivity contribution < 1.29 is 19.4 Å². The average molecular weight is 341 g/mol. The summed E-state index contributed by atoms with van der Waals surface area (Å²) in [5.74, 6) is -0.225. The second-order valence-corrected chi connectivity index (χ2v) is 5.66. The Morgan fingerprint density at radius 1 is 1.45 bits per heavy atom. The fourth-order valence-corrected chi connectivity index (χ4v) is 2.75. The molecule has 20 heavy (non-hydrogen) atoms. The van der Waals surface area contributed by atoms with E-state index in [4.69, 9.17) is 14.6 Å². The highest BCUT2D eigenvalue weighted by atomic mass is 79.9. The zero-order valence-electron chi connectivity index (χ0n) is 11.3. The van der Waals surface area contributed by atoms with Crippen LogP contribution in [0.15, 0.2) is 22.7 Å². The third kappa shape index (κ3) is 4.08. The maximum absolute atomic E-state index is 10.7. The monoisotopic (exact) mass is 340 g/mol. The molecule has 5 heteroatoms. The Labute approximate surface area is 126 Å². The zero-order chi connectivity index (χ0) is 14.5. The largest absolute Gasteiger partial charge is 0.489 e. The van der Waals surface area contributed by atoms with Gasteiger partial charge >= 0.3 is 5.97 Å². The predicted octanol–water partition coefficient (Wildman–Crippen LogP) is 3.41. The van der Waals surface area contributed by atoms with Gasteiger partial charge in [-0.05, 0) is 30.7 Å². The molecule has 0 bridgehead atoms. The van der Waals surface area contributed by atoms with Crippen LogP contribution < -0.4 is 4.74 Å². The van der Waals surface area contributed by atoms with Crippen molar-refractivity contribution in [1.29, 1.82) is 0 Å². The molecule has 0 aromatic heterocycles. The lowest BCUT2D eigenvalue weighted by Gasteiger charge is -2.25. The first-order chi connectivity index (χ1) is 9.56. The van der Waals surface area contributed by atoms with Gasteiger partial charge in [-0.25, -0.2) is 4.79 Å². The molecule has 1 aliphatic rings. The van der Waals surface area contributed by atoms with Gasteiger partial charge in [0.05, 0.1) is 13.2 Å². The molecule has 108 valence electrons. The van der Waals surface area contributed by atoms with Crippen molar-refractivity contribution >= 4 is 28.0 Å². The molecule has 0 atom stereocenters. The third-order valence-electron chi connectivity index (χ3n) is 3.13. The van der Waals surface area contributed by atoms with E-state index in [1.807, 2.05) is 19.1 Å². The lowest BCUT2D eigenvalue weighted by Crippen LogP contribution is -2.26. The van der Waals surface area contributed by atoms with E-state index in [2.05, 4.69) is 15.9 Å². The van der Waals surface area contributed by atoms with Gasteiger partial charge in [-0.15, -0.1) is 0 Å². The molecule has 1 aromatic rings. The molecule has 2 rings (SSSR count). The molecule has 1 saturated heterocycles. The third-order valence-corrected chi connectivity index (χ3v) is 3.58. The second kappa shape index (κ2) is 6.90. The molecule has 1 fully saturated rings. The SMILES string of the molecule is Cc1cc(Br)cc(/C=C/C(=O)O)c1OC1CCOCC1. The first-order valence-corrected chi connectivity index (χ1v) is 7.31. The second-order valence-electron chi connectivity index (χ2n) is 4.74. The fourth-order valence-electron chi connectivity index (χ4n) is 2.16. The van der Waals surface area contributed by atoms with E-state index in [0.717, 1.165) is 40.3 Å². The molecular weight excluding hydrogens is 324 g/mol. The Hall–Kier alpha value is -1.33. The van der Waals surface area contributed by atoms with Crippen molar-refractivity contribution in [2.75, 3.05) is 13.2 Å². The highest BCUT2D eigenvalue weighted by molar-refractivity contribution is 9.10. The lowest BCUT2D eigenvalue weighted by atomic mass is 10.1. The van der Waals surface area contributed by atoms with Gasteiger partial charge in [0.1, 0.15) is 11.9 Å². The summed E-state index contributed by atoms with van der Waals surface area (Å²) in [6.45, 7) is 3.37. The first kappa shape index (κ1) is 15.1. The molecule has 0 spiro atoms. The van der Waals surface area contributed by atoms with Gasteiger partial charge in [-0.3, -0.25) is 0 Å². The molecule has 0 amide bonds. The standard InChI is InChI=1S/C15H17BrO4/c1-10-8-12(16)9-11(2-3-14(17)18)15(10)20-13-4-6-19-7-5-13/h2-3,8-9,13H,4-7H2,1H3,(H,17,18)/b3-2+. The Balaban J connectivity index is 2.26. The van der Waals surface area contributed by atoms with Crippen molar-refractivity contribution in [3.63, 3.8) is 0 Å². The molecule has 0 aliphatic carbocycles. The van der Waals surface area contributed by atoms with Crippen molar-refractivity contribution in [3.8, 4) is 5.75 Å². The lowest BCUT2D eigenvalue weighted by molar-refractivity contribution is -0.131. The molecule has 1 aromatic carbocycles. The summed E-state index contributed by atoms with van der Waals surface area (Å²) in [7, 11) is 0. The number of benzene rings is 1. The quantitative estimate of drug-likeness (QED) is 0.853. The van der Waals surface area contributed by atoms with Gasteiger partial charge in [0.15, 0.2) is 0 Å². The fraction of sp³-hybridized carbons (Fsp3) is 0.400. The summed E-state index contributed by atoms with van der Waals surface area (Å²) in [5.41, 5.74) is 1.75. The van der Waals surface area contributed by atoms with Gasteiger partial charge in [0, 0.05) is 29.0 Å². The summed E-state index contributed by atoms with van der Waals surface area (Å²) in [4.78, 5) is 10.7. The molecule has 1 aliphatic heterocycles. The summed E-state index contributed by atoms with van der Waals surface area (Å²) in [6, 6.07) is 3.83. The van der Waals surface area contributed by atoms with E-state index in [9.17, 15) is 4.79 Å². The van der Waals surface area contributed by atoms with Gasteiger partial charge < -0.3 is 14.6 Å². The number of carboxylic acids is 1. The first-order valence-electron chi connectivity index (χ1n) is 6.52. The van der Waals surface area contributed by atoms with Crippen LogP contribution in [0.25, 0.3) is 6.08 Å². The number of halogens is 1. The summed E-state index contributed by atoms with van der Waals surface area (Å²) in [5, 5.41) is 8.77. The summed E-state index contributed by atoms with van der Waals surface area (Å²) in [6.07, 6.45) is 4.53. The summed E-state index contributed by atoms with van der Waals surface area (Å²) < 4.78 is 12.3. The molecule has 0 saturated carbocycles. The summed E-state index contributed by atoms with van der Waals surface area (Å²) >= 11 is 3.42. The number of ether oxygens (including phenoxy) is 2. The van der Waals surface area contributed by atoms with Crippen LogP contribution in [0.2, 0.25) is 0 Å². The maximum atomic E-state index is 10.7. The van der Waals surface area contributed by atoms with Crippen LogP contribution in [0.3, 0.4) is 0 Å². The van der Waals surface area contributed by atoms with Crippen LogP contribution in [-0.2, 0) is 9.53 Å².